The first-order chi connectivity index (χ1) is 16.1. The zero-order chi connectivity index (χ0) is 24.2. The van der Waals surface area contributed by atoms with Crippen LogP contribution in [0.1, 0.15) is 83.4 Å². The average molecular weight is 473 g/mol. The Morgan fingerprint density at radius 2 is 1.94 bits per heavy atom. The molecule has 1 aromatic heterocycles. The molecule has 5 atom stereocenters. The summed E-state index contributed by atoms with van der Waals surface area (Å²) < 4.78 is 1.63. The Balaban J connectivity index is 1.33. The van der Waals surface area contributed by atoms with Crippen LogP contribution in [0.15, 0.2) is 6.20 Å². The normalized spacial score (nSPS) is 30.7. The van der Waals surface area contributed by atoms with Gasteiger partial charge in [-0.25, -0.2) is 4.68 Å². The van der Waals surface area contributed by atoms with Gasteiger partial charge < -0.3 is 20.6 Å². The molecular weight excluding hydrogens is 436 g/mol. The first-order valence-electron chi connectivity index (χ1n) is 12.6. The molecule has 1 aromatic rings. The maximum absolute atomic E-state index is 13.9. The van der Waals surface area contributed by atoms with Gasteiger partial charge in [0.2, 0.25) is 17.7 Å². The van der Waals surface area contributed by atoms with Gasteiger partial charge in [0, 0.05) is 37.5 Å². The summed E-state index contributed by atoms with van der Waals surface area (Å²) in [4.78, 5) is 40.7. The van der Waals surface area contributed by atoms with Crippen molar-refractivity contribution in [3.8, 4) is 0 Å². The van der Waals surface area contributed by atoms with E-state index in [0.717, 1.165) is 31.4 Å². The number of aliphatic hydroxyl groups excluding tert-OH is 1. The lowest BCUT2D eigenvalue weighted by Crippen LogP contribution is -2.59. The summed E-state index contributed by atoms with van der Waals surface area (Å²) in [7, 11) is 0. The average Bonchev–Trinajstić information content (AvgIpc) is 3.69. The van der Waals surface area contributed by atoms with E-state index in [-0.39, 0.29) is 42.8 Å². The number of β-amino-alcohol motifs (C(OH)–C–C–N with tert-alkyl or cyclic N) is 1. The van der Waals surface area contributed by atoms with Crippen LogP contribution in [0.4, 0.5) is 0 Å². The van der Waals surface area contributed by atoms with Gasteiger partial charge in [0.05, 0.1) is 17.8 Å². The third kappa shape index (κ3) is 4.69. The van der Waals surface area contributed by atoms with E-state index in [2.05, 4.69) is 20.9 Å². The molecule has 10 nitrogen and oxygen atoms in total. The molecule has 2 aliphatic heterocycles. The second kappa shape index (κ2) is 8.62. The van der Waals surface area contributed by atoms with Crippen molar-refractivity contribution in [2.75, 3.05) is 6.54 Å². The van der Waals surface area contributed by atoms with E-state index < -0.39 is 23.6 Å². The van der Waals surface area contributed by atoms with Gasteiger partial charge in [-0.3, -0.25) is 14.4 Å². The minimum Gasteiger partial charge on any atom is -0.391 e. The Morgan fingerprint density at radius 1 is 1.21 bits per heavy atom. The largest absolute Gasteiger partial charge is 0.391 e. The van der Waals surface area contributed by atoms with E-state index in [1.807, 2.05) is 27.0 Å². The molecule has 3 amide bonds. The maximum Gasteiger partial charge on any atom is 0.248 e. The van der Waals surface area contributed by atoms with Crippen LogP contribution < -0.4 is 10.6 Å². The predicted molar refractivity (Wildman–Crippen MR) is 122 cm³/mol. The van der Waals surface area contributed by atoms with Crippen molar-refractivity contribution in [1.29, 1.82) is 0 Å². The minimum atomic E-state index is -0.761. The zero-order valence-corrected chi connectivity index (χ0v) is 20.2. The molecule has 4 fully saturated rings. The van der Waals surface area contributed by atoms with Gasteiger partial charge in [-0.05, 0) is 43.4 Å². The number of hydrogen-bond acceptors (Lipinski definition) is 6. The van der Waals surface area contributed by atoms with E-state index in [1.165, 1.54) is 4.90 Å². The minimum absolute atomic E-state index is 0.0295. The van der Waals surface area contributed by atoms with E-state index in [0.29, 0.717) is 24.7 Å². The number of carbonyl (C=O) groups is 3. The first-order valence-corrected chi connectivity index (χ1v) is 12.6. The fraction of sp³-hybridized carbons (Fsp3) is 0.792. The van der Waals surface area contributed by atoms with E-state index in [1.54, 1.807) is 4.68 Å². The highest BCUT2D eigenvalue weighted by molar-refractivity contribution is 5.90. The van der Waals surface area contributed by atoms with E-state index in [9.17, 15) is 19.5 Å². The van der Waals surface area contributed by atoms with E-state index >= 15 is 0 Å². The first kappa shape index (κ1) is 23.3. The fourth-order valence-electron chi connectivity index (χ4n) is 5.49. The number of likely N-dealkylation sites (tertiary alicyclic amines) is 1. The van der Waals surface area contributed by atoms with Crippen molar-refractivity contribution in [3.63, 3.8) is 0 Å². The Labute approximate surface area is 199 Å². The van der Waals surface area contributed by atoms with Gasteiger partial charge in [0.1, 0.15) is 12.1 Å². The summed E-state index contributed by atoms with van der Waals surface area (Å²) in [5.41, 5.74) is 0.438. The second-order valence-electron chi connectivity index (χ2n) is 11.6. The van der Waals surface area contributed by atoms with Crippen LogP contribution in [-0.2, 0) is 14.4 Å². The second-order valence-corrected chi connectivity index (χ2v) is 11.6. The van der Waals surface area contributed by atoms with Crippen molar-refractivity contribution in [2.45, 2.75) is 102 Å². The maximum atomic E-state index is 13.9. The smallest absolute Gasteiger partial charge is 0.248 e. The highest BCUT2D eigenvalue weighted by atomic mass is 16.3. The summed E-state index contributed by atoms with van der Waals surface area (Å²) >= 11 is 0. The molecule has 2 aliphatic carbocycles. The lowest BCUT2D eigenvalue weighted by Gasteiger charge is -2.36. The van der Waals surface area contributed by atoms with Crippen LogP contribution >= 0.6 is 0 Å². The van der Waals surface area contributed by atoms with Crippen molar-refractivity contribution in [3.05, 3.63) is 11.9 Å². The predicted octanol–water partition coefficient (Wildman–Crippen LogP) is 0.878. The van der Waals surface area contributed by atoms with Gasteiger partial charge in [-0.15, -0.1) is 5.10 Å². The van der Waals surface area contributed by atoms with Crippen LogP contribution in [0.2, 0.25) is 0 Å². The topological polar surface area (TPSA) is 129 Å². The molecule has 0 aromatic carbocycles. The summed E-state index contributed by atoms with van der Waals surface area (Å²) in [5, 5.41) is 25.1. The van der Waals surface area contributed by atoms with Crippen LogP contribution in [0, 0.1) is 11.3 Å². The summed E-state index contributed by atoms with van der Waals surface area (Å²) in [6.45, 7) is 6.03. The van der Waals surface area contributed by atoms with Gasteiger partial charge in [0.15, 0.2) is 0 Å². The molecule has 2 unspecified atom stereocenters. The highest BCUT2D eigenvalue weighted by Gasteiger charge is 2.47. The van der Waals surface area contributed by atoms with Gasteiger partial charge in [-0.2, -0.15) is 0 Å². The standard InChI is InChI=1S/C24H36N6O4/c1-24(2,3)21(30-12-17(27-28-30)13-4-5-13)23(34)29-11-15(31)10-18(29)22(33)25-16-8-9-19(32)26-20(16)14-6-7-14/h12-16,18,20-21,31H,4-11H2,1-3H3,(H,25,33)(H,26,32)/t15?,16-,18?,20+,21-/m1/s1. The molecule has 3 heterocycles. The van der Waals surface area contributed by atoms with Crippen molar-refractivity contribution >= 4 is 17.7 Å². The zero-order valence-electron chi connectivity index (χ0n) is 20.2. The molecule has 3 N–H and O–H groups in total. The van der Waals surface area contributed by atoms with Crippen LogP contribution in [-0.4, -0.2) is 73.5 Å². The quantitative estimate of drug-likeness (QED) is 0.564. The number of amides is 3. The molecule has 0 radical (unpaired) electrons. The Kier molecular flexibility index (Phi) is 5.90. The third-order valence-corrected chi connectivity index (χ3v) is 7.61. The van der Waals surface area contributed by atoms with Crippen LogP contribution in [0.25, 0.3) is 0 Å². The molecular formula is C24H36N6O4. The molecule has 0 spiro atoms. The molecule has 5 rings (SSSR count). The summed E-state index contributed by atoms with van der Waals surface area (Å²) in [6.07, 6.45) is 6.57. The van der Waals surface area contributed by atoms with Crippen LogP contribution in [0.3, 0.4) is 0 Å². The number of nitrogens with zero attached hydrogens (tertiary/aromatic N) is 4. The lowest BCUT2D eigenvalue weighted by molar-refractivity contribution is -0.144. The molecule has 10 heteroatoms. The number of aliphatic hydroxyl groups is 1. The number of hydrogen-bond donors (Lipinski definition) is 3. The Morgan fingerprint density at radius 3 is 2.59 bits per heavy atom. The fourth-order valence-corrected chi connectivity index (χ4v) is 5.49. The summed E-state index contributed by atoms with van der Waals surface area (Å²) in [5.74, 6) is 0.363. The SMILES string of the molecule is CC(C)(C)[C@@H](C(=O)N1CC(O)CC1C(=O)N[C@@H]1CCC(=O)N[C@H]1C1CC1)n1cc(C2CC2)nn1. The highest BCUT2D eigenvalue weighted by Crippen LogP contribution is 2.40. The molecule has 0 bridgehead atoms. The lowest BCUT2D eigenvalue weighted by atomic mass is 9.85. The number of carbonyl (C=O) groups excluding carboxylic acids is 3. The van der Waals surface area contributed by atoms with E-state index in [4.69, 9.17) is 0 Å². The number of rotatable bonds is 6. The monoisotopic (exact) mass is 472 g/mol. The number of aromatic nitrogens is 3. The molecule has 2 saturated heterocycles. The van der Waals surface area contributed by atoms with Gasteiger partial charge in [-0.1, -0.05) is 26.0 Å². The number of piperidine rings is 1. The van der Waals surface area contributed by atoms with Crippen molar-refractivity contribution in [1.82, 2.24) is 30.5 Å². The molecule has 34 heavy (non-hydrogen) atoms. The third-order valence-electron chi connectivity index (χ3n) is 7.61. The van der Waals surface area contributed by atoms with Crippen molar-refractivity contribution in [2.24, 2.45) is 11.3 Å². The molecule has 186 valence electrons. The molecule has 2 saturated carbocycles. The summed E-state index contributed by atoms with van der Waals surface area (Å²) in [6, 6.07) is -1.60. The van der Waals surface area contributed by atoms with Gasteiger partial charge >= 0.3 is 0 Å². The Hall–Kier alpha value is -2.49. The van der Waals surface area contributed by atoms with Crippen molar-refractivity contribution < 1.29 is 19.5 Å². The molecule has 4 aliphatic rings. The van der Waals surface area contributed by atoms with Crippen LogP contribution in [0.5, 0.6) is 0 Å². The van der Waals surface area contributed by atoms with Gasteiger partial charge in [0.25, 0.3) is 0 Å². The number of nitrogens with one attached hydrogen (secondary N) is 2. The Bertz CT molecular complexity index is 963.